The quantitative estimate of drug-likeness (QED) is 0.549. The highest BCUT2D eigenvalue weighted by Gasteiger charge is 2.41. The van der Waals surface area contributed by atoms with Crippen LogP contribution < -0.4 is 0 Å². The summed E-state index contributed by atoms with van der Waals surface area (Å²) in [6.45, 7) is 0. The molecule has 0 aromatic carbocycles. The maximum atomic E-state index is 1.60. The third-order valence-corrected chi connectivity index (χ3v) is 6.63. The van der Waals surface area contributed by atoms with Crippen molar-refractivity contribution in [3.8, 4) is 0 Å². The fraction of sp³-hybridized carbons (Fsp3) is 1.00. The van der Waals surface area contributed by atoms with Crippen LogP contribution in [-0.2, 0) is 0 Å². The van der Waals surface area contributed by atoms with Gasteiger partial charge in [-0.15, -0.1) is 0 Å². The topological polar surface area (TPSA) is 0 Å². The molecule has 17 heavy (non-hydrogen) atoms. The second-order valence-electron chi connectivity index (χ2n) is 8.00. The average molecular weight is 232 g/mol. The standard InChI is InChI=1S/C10H16.C7H12/c1-7-2-9-4-8(1)5-10(3-7)6-9;1-2-7-4-3-6(1)5-7/h7-10H,1-6H2;6-7H,1-5H2. The first kappa shape index (κ1) is 10.9. The van der Waals surface area contributed by atoms with Gasteiger partial charge in [0.25, 0.3) is 0 Å². The molecule has 0 aromatic rings. The van der Waals surface area contributed by atoms with Crippen molar-refractivity contribution in [3.05, 3.63) is 0 Å². The molecular formula is C17H28. The molecule has 6 aliphatic carbocycles. The lowest BCUT2D eigenvalue weighted by molar-refractivity contribution is 0.0198. The van der Waals surface area contributed by atoms with Gasteiger partial charge in [-0.05, 0) is 80.5 Å². The van der Waals surface area contributed by atoms with Crippen molar-refractivity contribution in [2.24, 2.45) is 35.5 Å². The molecule has 6 aliphatic rings. The van der Waals surface area contributed by atoms with Gasteiger partial charge in [0, 0.05) is 0 Å². The smallest absolute Gasteiger partial charge is 0.0406 e. The van der Waals surface area contributed by atoms with Gasteiger partial charge in [0.05, 0.1) is 0 Å². The van der Waals surface area contributed by atoms with E-state index >= 15 is 0 Å². The van der Waals surface area contributed by atoms with E-state index in [4.69, 9.17) is 0 Å². The summed E-state index contributed by atoms with van der Waals surface area (Å²) < 4.78 is 0. The van der Waals surface area contributed by atoms with Crippen LogP contribution in [0.25, 0.3) is 0 Å². The van der Waals surface area contributed by atoms with Crippen LogP contribution in [0.4, 0.5) is 0 Å². The largest absolute Gasteiger partial charge is 0.0502 e. The van der Waals surface area contributed by atoms with Crippen molar-refractivity contribution in [1.29, 1.82) is 0 Å². The SMILES string of the molecule is C1C2CC3CC1CC(C2)C3.C1CC2CCC1C2. The summed E-state index contributed by atoms with van der Waals surface area (Å²) >= 11 is 0. The zero-order valence-electron chi connectivity index (χ0n) is 11.2. The van der Waals surface area contributed by atoms with Gasteiger partial charge in [-0.2, -0.15) is 0 Å². The summed E-state index contributed by atoms with van der Waals surface area (Å²) in [5, 5.41) is 0. The summed E-state index contributed by atoms with van der Waals surface area (Å²) in [5.41, 5.74) is 0. The third kappa shape index (κ3) is 2.17. The van der Waals surface area contributed by atoms with Crippen LogP contribution in [0.15, 0.2) is 0 Å². The first-order chi connectivity index (χ1) is 8.35. The maximum Gasteiger partial charge on any atom is -0.0406 e. The minimum Gasteiger partial charge on any atom is -0.0502 e. The Hall–Kier alpha value is 0. The molecular weight excluding hydrogens is 204 g/mol. The van der Waals surface area contributed by atoms with E-state index in [9.17, 15) is 0 Å². The number of fused-ring (bicyclic) bond motifs is 2. The van der Waals surface area contributed by atoms with Gasteiger partial charge in [0.15, 0.2) is 0 Å². The number of rotatable bonds is 0. The molecule has 6 fully saturated rings. The Morgan fingerprint density at radius 2 is 0.529 bits per heavy atom. The molecule has 0 spiro atoms. The summed E-state index contributed by atoms with van der Waals surface area (Å²) in [6.07, 6.45) is 17.4. The van der Waals surface area contributed by atoms with Crippen LogP contribution in [0.2, 0.25) is 0 Å². The average Bonchev–Trinajstić information content (AvgIpc) is 2.91. The zero-order chi connectivity index (χ0) is 11.2. The van der Waals surface area contributed by atoms with E-state index in [1.807, 2.05) is 0 Å². The summed E-state index contributed by atoms with van der Waals surface area (Å²) in [7, 11) is 0. The van der Waals surface area contributed by atoms with E-state index < -0.39 is 0 Å². The Labute approximate surface area is 107 Å². The van der Waals surface area contributed by atoms with E-state index in [1.54, 1.807) is 70.6 Å². The molecule has 0 aromatic heterocycles. The van der Waals surface area contributed by atoms with Gasteiger partial charge in [-0.1, -0.05) is 25.7 Å². The van der Waals surface area contributed by atoms with Crippen molar-refractivity contribution in [2.75, 3.05) is 0 Å². The summed E-state index contributed by atoms with van der Waals surface area (Å²) in [5.74, 6) is 7.05. The minimum atomic E-state index is 1.17. The summed E-state index contributed by atoms with van der Waals surface area (Å²) in [4.78, 5) is 0. The van der Waals surface area contributed by atoms with Gasteiger partial charge in [0.2, 0.25) is 0 Å². The van der Waals surface area contributed by atoms with Crippen molar-refractivity contribution in [2.45, 2.75) is 70.6 Å². The highest BCUT2D eigenvalue weighted by molar-refractivity contribution is 4.92. The highest BCUT2D eigenvalue weighted by Crippen LogP contribution is 2.53. The molecule has 6 bridgehead atoms. The molecule has 0 aliphatic heterocycles. The molecule has 0 unspecified atom stereocenters. The second-order valence-corrected chi connectivity index (χ2v) is 8.00. The van der Waals surface area contributed by atoms with E-state index in [0.717, 1.165) is 0 Å². The molecule has 0 heteroatoms. The lowest BCUT2D eigenvalue weighted by atomic mass is 9.56. The minimum absolute atomic E-state index is 1.17. The molecule has 0 atom stereocenters. The highest BCUT2D eigenvalue weighted by atomic mass is 14.5. The molecule has 0 nitrogen and oxygen atoms in total. The van der Waals surface area contributed by atoms with Gasteiger partial charge in [-0.3, -0.25) is 0 Å². The van der Waals surface area contributed by atoms with E-state index in [2.05, 4.69) is 0 Å². The first-order valence-corrected chi connectivity index (χ1v) is 8.35. The zero-order valence-corrected chi connectivity index (χ0v) is 11.2. The van der Waals surface area contributed by atoms with Crippen LogP contribution in [0, 0.1) is 35.5 Å². The van der Waals surface area contributed by atoms with Crippen molar-refractivity contribution >= 4 is 0 Å². The van der Waals surface area contributed by atoms with Crippen LogP contribution in [-0.4, -0.2) is 0 Å². The Morgan fingerprint density at radius 1 is 0.294 bits per heavy atom. The van der Waals surface area contributed by atoms with Crippen molar-refractivity contribution in [3.63, 3.8) is 0 Å². The molecule has 0 N–H and O–H groups in total. The Kier molecular flexibility index (Phi) is 2.74. The molecule has 0 radical (unpaired) electrons. The molecule has 0 saturated heterocycles. The predicted molar refractivity (Wildman–Crippen MR) is 71.7 cm³/mol. The Bertz CT molecular complexity index is 205. The van der Waals surface area contributed by atoms with Gasteiger partial charge >= 0.3 is 0 Å². The number of hydrogen-bond acceptors (Lipinski definition) is 0. The molecule has 96 valence electrons. The normalized spacial score (nSPS) is 53.6. The van der Waals surface area contributed by atoms with E-state index in [1.165, 1.54) is 35.5 Å². The Morgan fingerprint density at radius 3 is 0.706 bits per heavy atom. The van der Waals surface area contributed by atoms with E-state index in [-0.39, 0.29) is 0 Å². The fourth-order valence-corrected chi connectivity index (χ4v) is 6.16. The van der Waals surface area contributed by atoms with E-state index in [0.29, 0.717) is 0 Å². The van der Waals surface area contributed by atoms with Gasteiger partial charge in [-0.25, -0.2) is 0 Å². The molecule has 6 rings (SSSR count). The Balaban J connectivity index is 0.000000101. The van der Waals surface area contributed by atoms with Crippen molar-refractivity contribution < 1.29 is 0 Å². The molecule has 6 saturated carbocycles. The monoisotopic (exact) mass is 232 g/mol. The van der Waals surface area contributed by atoms with Crippen molar-refractivity contribution in [1.82, 2.24) is 0 Å². The van der Waals surface area contributed by atoms with Crippen LogP contribution >= 0.6 is 0 Å². The fourth-order valence-electron chi connectivity index (χ4n) is 6.16. The van der Waals surface area contributed by atoms with Crippen LogP contribution in [0.5, 0.6) is 0 Å². The first-order valence-electron chi connectivity index (χ1n) is 8.35. The van der Waals surface area contributed by atoms with Gasteiger partial charge < -0.3 is 0 Å². The lowest BCUT2D eigenvalue weighted by Crippen LogP contribution is -2.38. The molecule has 0 heterocycles. The second kappa shape index (κ2) is 4.28. The predicted octanol–water partition coefficient (Wildman–Crippen LogP) is 5.03. The summed E-state index contributed by atoms with van der Waals surface area (Å²) in [6, 6.07) is 0. The maximum absolute atomic E-state index is 1.60. The molecule has 0 amide bonds. The number of hydrogen-bond donors (Lipinski definition) is 0. The van der Waals surface area contributed by atoms with Crippen LogP contribution in [0.3, 0.4) is 0 Å². The van der Waals surface area contributed by atoms with Crippen LogP contribution in [0.1, 0.15) is 70.6 Å². The third-order valence-electron chi connectivity index (χ3n) is 6.63. The lowest BCUT2D eigenvalue weighted by Gasteiger charge is -2.49. The van der Waals surface area contributed by atoms with Gasteiger partial charge in [0.1, 0.15) is 0 Å².